The fraction of sp³-hybridized carbons (Fsp3) is 0.143. The standard InChI is InChI=1S/C28H23N5OS2/c1-28(2,3)20-13-11-18(12-14-20)25-29-27-33(31-25)26(34)23(36-27)16-19-17-32(21-8-5-4-6-9-21)30-24(19)22-10-7-15-35-22/h4-17H,1-3H3/b23-16-. The Morgan fingerprint density at radius 3 is 2.36 bits per heavy atom. The lowest BCUT2D eigenvalue weighted by Crippen LogP contribution is -2.23. The van der Waals surface area contributed by atoms with Gasteiger partial charge in [0.2, 0.25) is 4.96 Å². The average molecular weight is 510 g/mol. The molecule has 36 heavy (non-hydrogen) atoms. The molecule has 6 aromatic rings. The summed E-state index contributed by atoms with van der Waals surface area (Å²) in [6.07, 6.45) is 3.85. The minimum atomic E-state index is -0.176. The summed E-state index contributed by atoms with van der Waals surface area (Å²) in [7, 11) is 0. The molecule has 0 aliphatic rings. The summed E-state index contributed by atoms with van der Waals surface area (Å²) in [5.41, 5.74) is 4.71. The second kappa shape index (κ2) is 8.65. The van der Waals surface area contributed by atoms with Crippen LogP contribution in [0.4, 0.5) is 0 Å². The number of aromatic nitrogens is 5. The molecule has 8 heteroatoms. The highest BCUT2D eigenvalue weighted by molar-refractivity contribution is 7.15. The van der Waals surface area contributed by atoms with E-state index in [4.69, 9.17) is 5.10 Å². The van der Waals surface area contributed by atoms with Crippen LogP contribution < -0.4 is 10.1 Å². The lowest BCUT2D eigenvalue weighted by atomic mass is 9.87. The highest BCUT2D eigenvalue weighted by atomic mass is 32.1. The first kappa shape index (κ1) is 22.6. The molecular weight excluding hydrogens is 486 g/mol. The third-order valence-corrected chi connectivity index (χ3v) is 7.83. The molecule has 0 saturated carbocycles. The van der Waals surface area contributed by atoms with Crippen molar-refractivity contribution in [1.29, 1.82) is 0 Å². The Morgan fingerprint density at radius 1 is 0.917 bits per heavy atom. The predicted molar refractivity (Wildman–Crippen MR) is 147 cm³/mol. The van der Waals surface area contributed by atoms with Crippen molar-refractivity contribution < 1.29 is 0 Å². The molecule has 0 N–H and O–H groups in total. The molecule has 0 aliphatic heterocycles. The second-order valence-corrected chi connectivity index (χ2v) is 11.5. The van der Waals surface area contributed by atoms with E-state index < -0.39 is 0 Å². The molecule has 0 unspecified atom stereocenters. The Bertz CT molecular complexity index is 1770. The van der Waals surface area contributed by atoms with Gasteiger partial charge in [-0.3, -0.25) is 4.79 Å². The maximum absolute atomic E-state index is 13.3. The van der Waals surface area contributed by atoms with Gasteiger partial charge >= 0.3 is 0 Å². The predicted octanol–water partition coefficient (Wildman–Crippen LogP) is 5.58. The van der Waals surface area contributed by atoms with E-state index >= 15 is 0 Å². The normalized spacial score (nSPS) is 12.6. The van der Waals surface area contributed by atoms with Crippen LogP contribution in [0, 0.1) is 0 Å². The maximum atomic E-state index is 13.3. The van der Waals surface area contributed by atoms with E-state index in [1.54, 1.807) is 11.3 Å². The summed E-state index contributed by atoms with van der Waals surface area (Å²) in [5.74, 6) is 0.557. The van der Waals surface area contributed by atoms with Gasteiger partial charge in [-0.15, -0.1) is 16.4 Å². The topological polar surface area (TPSA) is 65.1 Å². The van der Waals surface area contributed by atoms with Crippen molar-refractivity contribution >= 4 is 33.7 Å². The van der Waals surface area contributed by atoms with E-state index in [0.717, 1.165) is 27.4 Å². The van der Waals surface area contributed by atoms with Crippen LogP contribution in [-0.4, -0.2) is 24.4 Å². The number of rotatable bonds is 4. The summed E-state index contributed by atoms with van der Waals surface area (Å²) < 4.78 is 3.82. The molecule has 178 valence electrons. The molecule has 0 spiro atoms. The zero-order chi connectivity index (χ0) is 24.9. The SMILES string of the molecule is CC(C)(C)c1ccc(-c2nc3s/c(=C\c4cn(-c5ccccc5)nc4-c4cccs4)c(=O)n3n2)cc1. The Balaban J connectivity index is 1.42. The van der Waals surface area contributed by atoms with Gasteiger partial charge in [0.05, 0.1) is 15.1 Å². The summed E-state index contributed by atoms with van der Waals surface area (Å²) >= 11 is 2.96. The van der Waals surface area contributed by atoms with E-state index in [1.807, 2.05) is 76.9 Å². The summed E-state index contributed by atoms with van der Waals surface area (Å²) in [4.78, 5) is 19.5. The number of hydrogen-bond acceptors (Lipinski definition) is 6. The van der Waals surface area contributed by atoms with E-state index in [1.165, 1.54) is 21.4 Å². The van der Waals surface area contributed by atoms with Crippen LogP contribution in [-0.2, 0) is 5.41 Å². The van der Waals surface area contributed by atoms with Crippen molar-refractivity contribution in [2.75, 3.05) is 0 Å². The minimum Gasteiger partial charge on any atom is -0.266 e. The van der Waals surface area contributed by atoms with E-state index in [0.29, 0.717) is 15.3 Å². The minimum absolute atomic E-state index is 0.0731. The van der Waals surface area contributed by atoms with Crippen molar-refractivity contribution in [3.63, 3.8) is 0 Å². The van der Waals surface area contributed by atoms with Gasteiger partial charge < -0.3 is 0 Å². The molecule has 0 radical (unpaired) electrons. The van der Waals surface area contributed by atoms with Gasteiger partial charge in [-0.2, -0.15) is 14.6 Å². The smallest absolute Gasteiger partial charge is 0.266 e. The Hall–Kier alpha value is -3.88. The third kappa shape index (κ3) is 4.08. The first-order valence-electron chi connectivity index (χ1n) is 11.6. The van der Waals surface area contributed by atoms with Gasteiger partial charge in [0.15, 0.2) is 5.82 Å². The van der Waals surface area contributed by atoms with Gasteiger partial charge in [0.25, 0.3) is 5.56 Å². The van der Waals surface area contributed by atoms with Crippen LogP contribution in [0.5, 0.6) is 0 Å². The van der Waals surface area contributed by atoms with Gasteiger partial charge in [-0.25, -0.2) is 4.68 Å². The molecule has 2 aromatic carbocycles. The van der Waals surface area contributed by atoms with Gasteiger partial charge in [0.1, 0.15) is 5.69 Å². The summed E-state index contributed by atoms with van der Waals surface area (Å²) in [5, 5.41) is 11.4. The molecule has 4 heterocycles. The van der Waals surface area contributed by atoms with Crippen molar-refractivity contribution in [3.05, 3.63) is 104 Å². The molecular formula is C28H23N5OS2. The van der Waals surface area contributed by atoms with E-state index in [2.05, 4.69) is 43.0 Å². The number of thiophene rings is 1. The zero-order valence-corrected chi connectivity index (χ0v) is 21.7. The number of hydrogen-bond donors (Lipinski definition) is 0. The monoisotopic (exact) mass is 509 g/mol. The van der Waals surface area contributed by atoms with Crippen LogP contribution in [0.3, 0.4) is 0 Å². The highest BCUT2D eigenvalue weighted by Crippen LogP contribution is 2.28. The largest absolute Gasteiger partial charge is 0.291 e. The molecule has 6 nitrogen and oxygen atoms in total. The van der Waals surface area contributed by atoms with Gasteiger partial charge in [-0.05, 0) is 40.6 Å². The molecule has 0 aliphatic carbocycles. The first-order valence-corrected chi connectivity index (χ1v) is 13.3. The summed E-state index contributed by atoms with van der Waals surface area (Å²) in [6, 6.07) is 22.2. The molecule has 0 amide bonds. The van der Waals surface area contributed by atoms with Crippen molar-refractivity contribution in [3.8, 4) is 27.6 Å². The Morgan fingerprint density at radius 2 is 1.69 bits per heavy atom. The van der Waals surface area contributed by atoms with Crippen LogP contribution in [0.25, 0.3) is 38.7 Å². The van der Waals surface area contributed by atoms with Crippen LogP contribution in [0.1, 0.15) is 31.9 Å². The quantitative estimate of drug-likeness (QED) is 0.311. The third-order valence-electron chi connectivity index (χ3n) is 6.00. The number of benzene rings is 2. The molecule has 4 aromatic heterocycles. The number of nitrogens with zero attached hydrogens (tertiary/aromatic N) is 5. The zero-order valence-electron chi connectivity index (χ0n) is 20.0. The highest BCUT2D eigenvalue weighted by Gasteiger charge is 2.17. The maximum Gasteiger partial charge on any atom is 0.291 e. The van der Waals surface area contributed by atoms with Gasteiger partial charge in [0, 0.05) is 17.3 Å². The Labute approximate surface area is 215 Å². The van der Waals surface area contributed by atoms with Crippen molar-refractivity contribution in [1.82, 2.24) is 24.4 Å². The second-order valence-electron chi connectivity index (χ2n) is 9.56. The van der Waals surface area contributed by atoms with Crippen molar-refractivity contribution in [2.45, 2.75) is 26.2 Å². The molecule has 6 rings (SSSR count). The lowest BCUT2D eigenvalue weighted by molar-refractivity contribution is 0.590. The number of thiazole rings is 1. The van der Waals surface area contributed by atoms with E-state index in [-0.39, 0.29) is 11.0 Å². The van der Waals surface area contributed by atoms with Crippen LogP contribution in [0.2, 0.25) is 0 Å². The average Bonchev–Trinajstić information content (AvgIpc) is 3.66. The molecule has 0 fully saturated rings. The van der Waals surface area contributed by atoms with Crippen LogP contribution >= 0.6 is 22.7 Å². The van der Waals surface area contributed by atoms with Gasteiger partial charge in [-0.1, -0.05) is 80.6 Å². The number of para-hydroxylation sites is 1. The van der Waals surface area contributed by atoms with Crippen molar-refractivity contribution in [2.24, 2.45) is 0 Å². The molecule has 0 saturated heterocycles. The molecule has 0 bridgehead atoms. The summed E-state index contributed by atoms with van der Waals surface area (Å²) in [6.45, 7) is 6.55. The number of fused-ring (bicyclic) bond motifs is 1. The lowest BCUT2D eigenvalue weighted by Gasteiger charge is -2.18. The molecule has 0 atom stereocenters. The van der Waals surface area contributed by atoms with Crippen LogP contribution in [0.15, 0.2) is 83.1 Å². The fourth-order valence-electron chi connectivity index (χ4n) is 4.03. The van der Waals surface area contributed by atoms with E-state index in [9.17, 15) is 4.79 Å². The fourth-order valence-corrected chi connectivity index (χ4v) is 5.66. The Kier molecular flexibility index (Phi) is 5.43. The first-order chi connectivity index (χ1) is 17.4.